The number of carbonyl (C=O) groups is 1. The molecule has 10 heteroatoms. The summed E-state index contributed by atoms with van der Waals surface area (Å²) in [6.45, 7) is 3.49. The number of pyridine rings is 1. The summed E-state index contributed by atoms with van der Waals surface area (Å²) in [4.78, 5) is 20.7. The zero-order valence-corrected chi connectivity index (χ0v) is 27.2. The summed E-state index contributed by atoms with van der Waals surface area (Å²) in [7, 11) is 4.22. The molecule has 1 amide bonds. The molecule has 2 saturated heterocycles. The number of fused-ring (bicyclic) bond motifs is 4. The molecule has 44 heavy (non-hydrogen) atoms. The number of rotatable bonds is 6. The second kappa shape index (κ2) is 10.4. The summed E-state index contributed by atoms with van der Waals surface area (Å²) in [5, 5.41) is 15.1. The van der Waals surface area contributed by atoms with E-state index in [1.54, 1.807) is 0 Å². The summed E-state index contributed by atoms with van der Waals surface area (Å²) in [5.41, 5.74) is 4.87. The van der Waals surface area contributed by atoms with Gasteiger partial charge in [-0.05, 0) is 94.0 Å². The lowest BCUT2D eigenvalue weighted by atomic mass is 9.89. The Morgan fingerprint density at radius 2 is 2.09 bits per heavy atom. The average Bonchev–Trinajstić information content (AvgIpc) is 3.87. The van der Waals surface area contributed by atoms with Crippen molar-refractivity contribution in [1.82, 2.24) is 19.8 Å². The van der Waals surface area contributed by atoms with Crippen LogP contribution in [-0.4, -0.2) is 49.7 Å². The molecule has 4 atom stereocenters. The number of piperidine rings is 1. The molecular formula is C34H33Cl2FN5OSi. The minimum absolute atomic E-state index is 0.0233. The van der Waals surface area contributed by atoms with Crippen LogP contribution >= 0.6 is 23.2 Å². The van der Waals surface area contributed by atoms with Crippen molar-refractivity contribution in [2.24, 2.45) is 11.8 Å². The van der Waals surface area contributed by atoms with Crippen LogP contribution in [0.2, 0.25) is 0 Å². The number of amides is 1. The van der Waals surface area contributed by atoms with Crippen LogP contribution in [0.4, 0.5) is 4.39 Å². The molecule has 3 aromatic rings. The number of hydrogen-bond donors (Lipinski definition) is 1. The summed E-state index contributed by atoms with van der Waals surface area (Å²) < 4.78 is 19.4. The van der Waals surface area contributed by atoms with E-state index in [0.717, 1.165) is 66.5 Å². The Labute approximate surface area is 269 Å². The van der Waals surface area contributed by atoms with Crippen LogP contribution in [0, 0.1) is 35.9 Å². The van der Waals surface area contributed by atoms with Gasteiger partial charge in [-0.2, -0.15) is 5.26 Å². The van der Waals surface area contributed by atoms with E-state index in [2.05, 4.69) is 37.2 Å². The number of nitrogens with zero attached hydrogens (tertiary/aromatic N) is 4. The van der Waals surface area contributed by atoms with Crippen molar-refractivity contribution in [2.75, 3.05) is 13.1 Å². The first-order valence-corrected chi connectivity index (χ1v) is 17.0. The first-order valence-electron chi connectivity index (χ1n) is 15.8. The van der Waals surface area contributed by atoms with E-state index in [0.29, 0.717) is 75.8 Å². The van der Waals surface area contributed by atoms with E-state index in [-0.39, 0.29) is 18.4 Å². The molecule has 0 bridgehead atoms. The zero-order valence-electron chi connectivity index (χ0n) is 24.7. The molecule has 8 rings (SSSR count). The largest absolute Gasteiger partial charge is 0.339 e. The van der Waals surface area contributed by atoms with Crippen molar-refractivity contribution in [3.63, 3.8) is 0 Å². The molecule has 5 aliphatic rings. The number of carbonyl (C=O) groups excluding carboxylic acids is 1. The van der Waals surface area contributed by atoms with Gasteiger partial charge >= 0.3 is 0 Å². The highest BCUT2D eigenvalue weighted by Crippen LogP contribution is 2.56. The molecule has 3 radical (unpaired) electrons. The number of allylic oxidation sites excluding steroid dienone is 4. The van der Waals surface area contributed by atoms with Crippen LogP contribution in [0.15, 0.2) is 28.3 Å². The molecule has 4 unspecified atom stereocenters. The molecule has 4 fully saturated rings. The van der Waals surface area contributed by atoms with E-state index in [1.165, 1.54) is 0 Å². The number of halogens is 3. The van der Waals surface area contributed by atoms with E-state index in [1.807, 2.05) is 19.1 Å². The van der Waals surface area contributed by atoms with Crippen LogP contribution in [0.3, 0.4) is 0 Å². The van der Waals surface area contributed by atoms with Crippen molar-refractivity contribution >= 4 is 66.7 Å². The second-order valence-electron chi connectivity index (χ2n) is 13.3. The monoisotopic (exact) mass is 644 g/mol. The van der Waals surface area contributed by atoms with Gasteiger partial charge in [-0.1, -0.05) is 29.3 Å². The maximum atomic E-state index is 17.0. The van der Waals surface area contributed by atoms with Crippen molar-refractivity contribution < 1.29 is 9.18 Å². The lowest BCUT2D eigenvalue weighted by molar-refractivity contribution is -0.134. The third kappa shape index (κ3) is 4.34. The van der Waals surface area contributed by atoms with Gasteiger partial charge in [0, 0.05) is 57.8 Å². The molecule has 0 spiro atoms. The molecular weight excluding hydrogens is 612 g/mol. The van der Waals surface area contributed by atoms with Crippen molar-refractivity contribution in [1.29, 1.82) is 5.26 Å². The highest BCUT2D eigenvalue weighted by Gasteiger charge is 2.57. The van der Waals surface area contributed by atoms with Gasteiger partial charge in [-0.25, -0.2) is 9.37 Å². The Morgan fingerprint density at radius 1 is 1.27 bits per heavy atom. The highest BCUT2D eigenvalue weighted by molar-refractivity contribution is 6.46. The van der Waals surface area contributed by atoms with E-state index in [4.69, 9.17) is 28.2 Å². The first kappa shape index (κ1) is 28.7. The van der Waals surface area contributed by atoms with Crippen LogP contribution in [0.25, 0.3) is 27.4 Å². The van der Waals surface area contributed by atoms with Gasteiger partial charge in [0.05, 0.1) is 37.9 Å². The summed E-state index contributed by atoms with van der Waals surface area (Å²) in [6, 6.07) is 6.79. The van der Waals surface area contributed by atoms with Crippen molar-refractivity contribution in [2.45, 2.75) is 82.0 Å². The van der Waals surface area contributed by atoms with Gasteiger partial charge in [0.15, 0.2) is 5.82 Å². The Balaban J connectivity index is 1.41. The molecule has 3 aliphatic carbocycles. The van der Waals surface area contributed by atoms with Gasteiger partial charge in [0.2, 0.25) is 5.91 Å². The molecule has 1 aromatic carbocycles. The molecule has 4 heterocycles. The number of nitrogens with one attached hydrogen (secondary N) is 1. The quantitative estimate of drug-likeness (QED) is 0.298. The first-order chi connectivity index (χ1) is 21.2. The predicted molar refractivity (Wildman–Crippen MR) is 172 cm³/mol. The minimum Gasteiger partial charge on any atom is -0.339 e. The number of likely N-dealkylation sites (tertiary alicyclic amines) is 1. The number of nitriles is 1. The van der Waals surface area contributed by atoms with Crippen molar-refractivity contribution in [3.8, 4) is 6.07 Å². The summed E-state index contributed by atoms with van der Waals surface area (Å²) >= 11 is 13.1. The normalized spacial score (nSPS) is 28.1. The zero-order chi connectivity index (χ0) is 30.5. The smallest absolute Gasteiger partial charge is 0.226 e. The lowest BCUT2D eigenvalue weighted by Crippen LogP contribution is -2.41. The SMILES string of the molecule is Cc1nc2c(F)c(C3=C(Cl)C(Cl)=CCC3)c(CCC#N)cc2c2c1cc(C1CC3CC3N1C(=O)C1CC1)n2C1([Si])CCNC1. The van der Waals surface area contributed by atoms with Crippen molar-refractivity contribution in [3.05, 3.63) is 56.6 Å². The Hall–Kier alpha value is -2.70. The maximum absolute atomic E-state index is 17.0. The van der Waals surface area contributed by atoms with Crippen LogP contribution in [-0.2, 0) is 16.4 Å². The number of aromatic nitrogens is 2. The highest BCUT2D eigenvalue weighted by atomic mass is 35.5. The molecule has 2 saturated carbocycles. The molecule has 1 N–H and O–H groups in total. The van der Waals surface area contributed by atoms with Gasteiger partial charge in [0.25, 0.3) is 0 Å². The number of hydrogen-bond acceptors (Lipinski definition) is 4. The van der Waals surface area contributed by atoms with E-state index in [9.17, 15) is 10.1 Å². The fourth-order valence-electron chi connectivity index (χ4n) is 8.07. The lowest BCUT2D eigenvalue weighted by Gasteiger charge is -2.35. The number of aryl methyl sites for hydroxylation is 2. The average molecular weight is 646 g/mol. The fraction of sp³-hybridized carbons (Fsp3) is 0.500. The standard InChI is InChI=1S/C34H33Cl2FN5OSi/c1-17-22-15-27(26-14-20-13-25(20)41(26)33(43)18-7-8-18)42(34(44)9-11-39-16-34)32(22)23-12-19(4-3-10-38)28(30(37)31(23)40-17)21-5-2-6-24(35)29(21)36/h6,12,15,18,20,25-26,39H,2-5,7-9,11,13-14,16H2,1H3. The summed E-state index contributed by atoms with van der Waals surface area (Å²) in [6.07, 6.45) is 8.56. The molecule has 2 aromatic heterocycles. The van der Waals surface area contributed by atoms with Gasteiger partial charge in [-0.3, -0.25) is 4.79 Å². The molecule has 6 nitrogen and oxygen atoms in total. The second-order valence-corrected chi connectivity index (χ2v) is 15.0. The van der Waals surface area contributed by atoms with E-state index < -0.39 is 11.0 Å². The maximum Gasteiger partial charge on any atom is 0.226 e. The minimum atomic E-state index is -0.450. The van der Waals surface area contributed by atoms with Crippen LogP contribution < -0.4 is 5.32 Å². The van der Waals surface area contributed by atoms with Gasteiger partial charge in [0.1, 0.15) is 5.52 Å². The fourth-order valence-corrected chi connectivity index (χ4v) is 9.05. The molecule has 225 valence electrons. The third-order valence-electron chi connectivity index (χ3n) is 10.5. The van der Waals surface area contributed by atoms with Crippen LogP contribution in [0.5, 0.6) is 0 Å². The third-order valence-corrected chi connectivity index (χ3v) is 12.0. The molecule has 2 aliphatic heterocycles. The summed E-state index contributed by atoms with van der Waals surface area (Å²) in [5.74, 6) is 0.576. The Kier molecular flexibility index (Phi) is 6.81. The van der Waals surface area contributed by atoms with Crippen LogP contribution in [0.1, 0.15) is 79.9 Å². The predicted octanol–water partition coefficient (Wildman–Crippen LogP) is 6.85. The Morgan fingerprint density at radius 3 is 2.82 bits per heavy atom. The van der Waals surface area contributed by atoms with Gasteiger partial charge < -0.3 is 14.8 Å². The topological polar surface area (TPSA) is 74.0 Å². The van der Waals surface area contributed by atoms with Gasteiger partial charge in [-0.15, -0.1) is 0 Å². The number of benzene rings is 1. The Bertz CT molecular complexity index is 1860. The van der Waals surface area contributed by atoms with E-state index >= 15 is 4.39 Å².